The molecule has 1 atom stereocenters. The lowest BCUT2D eigenvalue weighted by Gasteiger charge is -2.25. The summed E-state index contributed by atoms with van der Waals surface area (Å²) in [6.07, 6.45) is 6.33. The lowest BCUT2D eigenvalue weighted by molar-refractivity contribution is -0.141. The Kier molecular flexibility index (Phi) is 3.48. The van der Waals surface area contributed by atoms with Gasteiger partial charge in [0, 0.05) is 6.42 Å². The predicted octanol–water partition coefficient (Wildman–Crippen LogP) is 3.34. The first-order valence-corrected chi connectivity index (χ1v) is 6.16. The van der Waals surface area contributed by atoms with E-state index in [1.165, 1.54) is 7.11 Å². The number of esters is 1. The van der Waals surface area contributed by atoms with E-state index in [1.807, 2.05) is 48.6 Å². The second-order valence-electron chi connectivity index (χ2n) is 3.95. The quantitative estimate of drug-likeness (QED) is 0.617. The Morgan fingerprint density at radius 1 is 1.35 bits per heavy atom. The molecule has 0 saturated carbocycles. The Balaban J connectivity index is 2.27. The Bertz CT molecular complexity index is 476. The number of ether oxygens (including phenoxy) is 1. The molecule has 0 radical (unpaired) electrons. The minimum Gasteiger partial charge on any atom is -0.468 e. The van der Waals surface area contributed by atoms with Crippen LogP contribution in [0.3, 0.4) is 0 Å². The van der Waals surface area contributed by atoms with Gasteiger partial charge in [0.05, 0.1) is 7.11 Å². The van der Waals surface area contributed by atoms with Crippen LogP contribution in [0.5, 0.6) is 0 Å². The minimum absolute atomic E-state index is 0.268. The molecule has 0 aliphatic heterocycles. The highest BCUT2D eigenvalue weighted by Crippen LogP contribution is 2.36. The van der Waals surface area contributed by atoms with Gasteiger partial charge in [-0.2, -0.15) is 0 Å². The van der Waals surface area contributed by atoms with Crippen LogP contribution in [-0.4, -0.2) is 17.4 Å². The van der Waals surface area contributed by atoms with Gasteiger partial charge in [-0.25, -0.2) is 0 Å². The molecule has 1 unspecified atom stereocenters. The first kappa shape index (κ1) is 12.1. The van der Waals surface area contributed by atoms with Crippen LogP contribution in [0.25, 0.3) is 5.57 Å². The Labute approximate surface area is 109 Å². The van der Waals surface area contributed by atoms with Crippen molar-refractivity contribution in [3.63, 3.8) is 0 Å². The lowest BCUT2D eigenvalue weighted by Crippen LogP contribution is -2.32. The average molecular weight is 293 g/mol. The normalized spacial score (nSPS) is 23.1. The molecular weight excluding hydrogens is 280 g/mol. The van der Waals surface area contributed by atoms with Crippen molar-refractivity contribution in [3.8, 4) is 0 Å². The van der Waals surface area contributed by atoms with Gasteiger partial charge in [-0.05, 0) is 11.1 Å². The van der Waals surface area contributed by atoms with Crippen molar-refractivity contribution >= 4 is 27.5 Å². The monoisotopic (exact) mass is 292 g/mol. The fraction of sp³-hybridized carbons (Fsp3) is 0.214. The second-order valence-corrected chi connectivity index (χ2v) is 5.36. The van der Waals surface area contributed by atoms with E-state index in [2.05, 4.69) is 15.9 Å². The SMILES string of the molecule is COC(=O)C1(Br)C=CC=C(c2ccccc2)C1. The first-order valence-electron chi connectivity index (χ1n) is 5.37. The summed E-state index contributed by atoms with van der Waals surface area (Å²) in [6.45, 7) is 0. The Hall–Kier alpha value is -1.35. The van der Waals surface area contributed by atoms with Crippen LogP contribution in [0.4, 0.5) is 0 Å². The molecule has 0 bridgehead atoms. The van der Waals surface area contributed by atoms with Gasteiger partial charge in [0.1, 0.15) is 4.32 Å². The topological polar surface area (TPSA) is 26.3 Å². The van der Waals surface area contributed by atoms with Crippen molar-refractivity contribution in [1.29, 1.82) is 0 Å². The van der Waals surface area contributed by atoms with Crippen molar-refractivity contribution in [1.82, 2.24) is 0 Å². The molecule has 1 aromatic carbocycles. The third-order valence-corrected chi connectivity index (χ3v) is 3.64. The van der Waals surface area contributed by atoms with Crippen molar-refractivity contribution in [3.05, 3.63) is 54.1 Å². The smallest absolute Gasteiger partial charge is 0.326 e. The van der Waals surface area contributed by atoms with Crippen molar-refractivity contribution in [2.45, 2.75) is 10.7 Å². The van der Waals surface area contributed by atoms with Gasteiger partial charge in [0.25, 0.3) is 0 Å². The van der Waals surface area contributed by atoms with E-state index >= 15 is 0 Å². The van der Waals surface area contributed by atoms with E-state index in [0.29, 0.717) is 6.42 Å². The zero-order valence-corrected chi connectivity index (χ0v) is 11.1. The molecule has 0 heterocycles. The van der Waals surface area contributed by atoms with Gasteiger partial charge in [0.15, 0.2) is 0 Å². The zero-order valence-electron chi connectivity index (χ0n) is 9.52. The van der Waals surface area contributed by atoms with E-state index in [0.717, 1.165) is 11.1 Å². The molecule has 0 saturated heterocycles. The summed E-state index contributed by atoms with van der Waals surface area (Å²) in [5.41, 5.74) is 2.25. The molecule has 0 aromatic heterocycles. The van der Waals surface area contributed by atoms with E-state index in [4.69, 9.17) is 4.74 Å². The summed E-state index contributed by atoms with van der Waals surface area (Å²) in [4.78, 5) is 11.7. The number of rotatable bonds is 2. The molecule has 1 aliphatic rings. The number of carbonyl (C=O) groups excluding carboxylic acids is 1. The third-order valence-electron chi connectivity index (χ3n) is 2.77. The van der Waals surface area contributed by atoms with Crippen LogP contribution in [0.2, 0.25) is 0 Å². The van der Waals surface area contributed by atoms with E-state index in [1.54, 1.807) is 0 Å². The molecule has 0 amide bonds. The summed E-state index contributed by atoms with van der Waals surface area (Å²) in [5, 5.41) is 0. The molecule has 17 heavy (non-hydrogen) atoms. The molecule has 3 heteroatoms. The summed E-state index contributed by atoms with van der Waals surface area (Å²) in [7, 11) is 1.40. The molecule has 0 fully saturated rings. The maximum atomic E-state index is 11.7. The van der Waals surface area contributed by atoms with E-state index in [9.17, 15) is 4.79 Å². The highest BCUT2D eigenvalue weighted by atomic mass is 79.9. The molecule has 0 spiro atoms. The van der Waals surface area contributed by atoms with Gasteiger partial charge < -0.3 is 4.74 Å². The van der Waals surface area contributed by atoms with Crippen LogP contribution in [0.1, 0.15) is 12.0 Å². The Morgan fingerprint density at radius 2 is 2.06 bits per heavy atom. The van der Waals surface area contributed by atoms with Gasteiger partial charge in [-0.15, -0.1) is 0 Å². The lowest BCUT2D eigenvalue weighted by atomic mass is 9.90. The van der Waals surface area contributed by atoms with Crippen LogP contribution in [0, 0.1) is 0 Å². The molecular formula is C14H13BrO2. The number of methoxy groups -OCH3 is 1. The average Bonchev–Trinajstić information content (AvgIpc) is 2.39. The molecule has 1 aromatic rings. The largest absolute Gasteiger partial charge is 0.468 e. The van der Waals surface area contributed by atoms with Gasteiger partial charge in [0.2, 0.25) is 0 Å². The Morgan fingerprint density at radius 3 is 2.71 bits per heavy atom. The van der Waals surface area contributed by atoms with Crippen molar-refractivity contribution in [2.75, 3.05) is 7.11 Å². The molecule has 88 valence electrons. The molecule has 1 aliphatic carbocycles. The standard InChI is InChI=1S/C14H13BrO2/c1-17-13(16)14(15)9-5-8-12(10-14)11-6-3-2-4-7-11/h2-9H,10H2,1H3. The summed E-state index contributed by atoms with van der Waals surface area (Å²) in [6, 6.07) is 10.0. The number of hydrogen-bond donors (Lipinski definition) is 0. The van der Waals surface area contributed by atoms with Crippen LogP contribution >= 0.6 is 15.9 Å². The maximum Gasteiger partial charge on any atom is 0.326 e. The molecule has 2 nitrogen and oxygen atoms in total. The number of hydrogen-bond acceptors (Lipinski definition) is 2. The third kappa shape index (κ3) is 2.50. The predicted molar refractivity (Wildman–Crippen MR) is 71.9 cm³/mol. The summed E-state index contributed by atoms with van der Waals surface area (Å²) >= 11 is 3.46. The van der Waals surface area contributed by atoms with E-state index in [-0.39, 0.29) is 5.97 Å². The number of halogens is 1. The highest BCUT2D eigenvalue weighted by Gasteiger charge is 2.36. The number of carbonyl (C=O) groups is 1. The second kappa shape index (κ2) is 4.88. The van der Waals surface area contributed by atoms with Crippen LogP contribution in [-0.2, 0) is 9.53 Å². The number of allylic oxidation sites excluding steroid dienone is 3. The van der Waals surface area contributed by atoms with Gasteiger partial charge >= 0.3 is 5.97 Å². The summed E-state index contributed by atoms with van der Waals surface area (Å²) in [5.74, 6) is -0.268. The van der Waals surface area contributed by atoms with Crippen molar-refractivity contribution < 1.29 is 9.53 Å². The minimum atomic E-state index is -0.734. The number of benzene rings is 1. The van der Waals surface area contributed by atoms with E-state index < -0.39 is 4.32 Å². The van der Waals surface area contributed by atoms with Gasteiger partial charge in [-0.1, -0.05) is 64.5 Å². The molecule has 0 N–H and O–H groups in total. The fourth-order valence-corrected chi connectivity index (χ4v) is 2.49. The summed E-state index contributed by atoms with van der Waals surface area (Å²) < 4.78 is 4.08. The van der Waals surface area contributed by atoms with Crippen LogP contribution < -0.4 is 0 Å². The highest BCUT2D eigenvalue weighted by molar-refractivity contribution is 9.10. The first-order chi connectivity index (χ1) is 8.15. The zero-order chi connectivity index (χ0) is 12.3. The van der Waals surface area contributed by atoms with Crippen LogP contribution in [0.15, 0.2) is 48.6 Å². The maximum absolute atomic E-state index is 11.7. The molecule has 2 rings (SSSR count). The van der Waals surface area contributed by atoms with Crippen molar-refractivity contribution in [2.24, 2.45) is 0 Å². The number of alkyl halides is 1. The fourth-order valence-electron chi connectivity index (χ4n) is 1.87. The van der Waals surface area contributed by atoms with Gasteiger partial charge in [-0.3, -0.25) is 4.79 Å².